The number of carbonyl (C=O) groups is 1. The molecule has 1 aliphatic carbocycles. The second-order valence-electron chi connectivity index (χ2n) is 6.00. The highest BCUT2D eigenvalue weighted by molar-refractivity contribution is 7.19. The summed E-state index contributed by atoms with van der Waals surface area (Å²) in [5.41, 5.74) is 1.45. The fourth-order valence-electron chi connectivity index (χ4n) is 2.89. The van der Waals surface area contributed by atoms with Gasteiger partial charge in [0.2, 0.25) is 0 Å². The Morgan fingerprint density at radius 3 is 2.83 bits per heavy atom. The molecule has 1 aromatic carbocycles. The van der Waals surface area contributed by atoms with E-state index in [4.69, 9.17) is 0 Å². The summed E-state index contributed by atoms with van der Waals surface area (Å²) in [6.45, 7) is 7.74. The molecule has 1 N–H and O–H groups in total. The maximum absolute atomic E-state index is 11.6. The molecule has 3 heteroatoms. The number of hydrogen-bond donors (Lipinski definition) is 1. The molecular weight excluding hydrogens is 304 g/mol. The van der Waals surface area contributed by atoms with Crippen molar-refractivity contribution < 1.29 is 9.90 Å². The predicted octanol–water partition coefficient (Wildman–Crippen LogP) is 4.45. The second kappa shape index (κ2) is 6.65. The predicted molar refractivity (Wildman–Crippen MR) is 96.7 cm³/mol. The molecule has 1 saturated carbocycles. The van der Waals surface area contributed by atoms with Gasteiger partial charge in [0.25, 0.3) is 0 Å². The maximum Gasteiger partial charge on any atom is 0.163 e. The van der Waals surface area contributed by atoms with Crippen molar-refractivity contribution in [3.8, 4) is 0 Å². The zero-order valence-corrected chi connectivity index (χ0v) is 13.8. The third-order valence-corrected chi connectivity index (χ3v) is 5.43. The number of carbonyl (C=O) groups excluding carboxylic acids is 1. The summed E-state index contributed by atoms with van der Waals surface area (Å²) in [5.74, 6) is -0.0501. The summed E-state index contributed by atoms with van der Waals surface area (Å²) in [7, 11) is 0. The van der Waals surface area contributed by atoms with E-state index < -0.39 is 6.10 Å². The molecule has 1 unspecified atom stereocenters. The number of aryl methyl sites for hydroxylation is 1. The molecule has 0 aliphatic heterocycles. The number of aliphatic hydroxyl groups excluding tert-OH is 1. The monoisotopic (exact) mass is 324 g/mol. The molecule has 1 aromatic heterocycles. The first-order chi connectivity index (χ1) is 11.0. The Bertz CT molecular complexity index is 764. The third kappa shape index (κ3) is 3.52. The van der Waals surface area contributed by atoms with Gasteiger partial charge < -0.3 is 5.11 Å². The molecule has 2 atom stereocenters. The van der Waals surface area contributed by atoms with Crippen molar-refractivity contribution in [2.75, 3.05) is 0 Å². The third-order valence-electron chi connectivity index (χ3n) is 4.25. The van der Waals surface area contributed by atoms with E-state index in [-0.39, 0.29) is 11.7 Å². The molecule has 0 bridgehead atoms. The highest BCUT2D eigenvalue weighted by Crippen LogP contribution is 2.32. The zero-order valence-electron chi connectivity index (χ0n) is 13.0. The molecule has 23 heavy (non-hydrogen) atoms. The highest BCUT2D eigenvalue weighted by Gasteiger charge is 2.28. The summed E-state index contributed by atoms with van der Waals surface area (Å²) in [4.78, 5) is 12.9. The van der Waals surface area contributed by atoms with Gasteiger partial charge in [-0.15, -0.1) is 11.3 Å². The van der Waals surface area contributed by atoms with Crippen LogP contribution >= 0.6 is 11.3 Å². The molecule has 2 nitrogen and oxygen atoms in total. The van der Waals surface area contributed by atoms with Gasteiger partial charge in [-0.2, -0.15) is 0 Å². The Hall–Kier alpha value is -1.97. The van der Waals surface area contributed by atoms with Crippen molar-refractivity contribution in [1.82, 2.24) is 0 Å². The quantitative estimate of drug-likeness (QED) is 0.651. The molecule has 1 heterocycles. The first-order valence-electron chi connectivity index (χ1n) is 7.78. The lowest BCUT2D eigenvalue weighted by Gasteiger charge is -2.08. The van der Waals surface area contributed by atoms with Crippen molar-refractivity contribution in [2.45, 2.75) is 25.4 Å². The van der Waals surface area contributed by atoms with E-state index in [1.54, 1.807) is 17.4 Å². The van der Waals surface area contributed by atoms with Crippen LogP contribution in [0, 0.1) is 5.92 Å². The van der Waals surface area contributed by atoms with Crippen LogP contribution in [0.25, 0.3) is 10.1 Å². The minimum Gasteiger partial charge on any atom is -0.389 e. The van der Waals surface area contributed by atoms with Crippen molar-refractivity contribution in [1.29, 1.82) is 0 Å². The number of allylic oxidation sites excluding steroid dienone is 3. The fraction of sp³-hybridized carbons (Fsp3) is 0.250. The minimum atomic E-state index is -0.517. The van der Waals surface area contributed by atoms with Crippen LogP contribution < -0.4 is 0 Å². The summed E-state index contributed by atoms with van der Waals surface area (Å²) in [6, 6.07) is 10.5. The number of rotatable bonds is 5. The average Bonchev–Trinajstić information content (AvgIpc) is 3.05. The first kappa shape index (κ1) is 15.9. The van der Waals surface area contributed by atoms with Crippen LogP contribution in [0.5, 0.6) is 0 Å². The van der Waals surface area contributed by atoms with Crippen molar-refractivity contribution >= 4 is 27.2 Å². The smallest absolute Gasteiger partial charge is 0.163 e. The van der Waals surface area contributed by atoms with E-state index in [1.807, 2.05) is 18.2 Å². The van der Waals surface area contributed by atoms with Crippen LogP contribution in [0.15, 0.2) is 66.8 Å². The van der Waals surface area contributed by atoms with Crippen LogP contribution in [0.1, 0.15) is 17.7 Å². The number of ketones is 1. The van der Waals surface area contributed by atoms with Crippen molar-refractivity contribution in [2.24, 2.45) is 5.92 Å². The number of thiophene rings is 1. The molecule has 0 amide bonds. The van der Waals surface area contributed by atoms with Gasteiger partial charge in [0, 0.05) is 21.9 Å². The van der Waals surface area contributed by atoms with Gasteiger partial charge in [0.1, 0.15) is 0 Å². The fourth-order valence-corrected chi connectivity index (χ4v) is 3.97. The Kier molecular flexibility index (Phi) is 4.60. The lowest BCUT2D eigenvalue weighted by atomic mass is 9.99. The van der Waals surface area contributed by atoms with Crippen LogP contribution in [-0.4, -0.2) is 17.0 Å². The lowest BCUT2D eigenvalue weighted by Crippen LogP contribution is -2.05. The van der Waals surface area contributed by atoms with Gasteiger partial charge in [0.05, 0.1) is 6.10 Å². The number of aliphatic hydroxyl groups is 1. The number of fused-ring (bicyclic) bond motifs is 1. The standard InChI is InChI=1S/C20H20O2S/c1-13-11-19(22)14(2)18(13)10-8-16(21)7-9-17-12-15-5-3-4-6-20(15)23-17/h3-6,8,10,12,16,18,21H,1-2,7,9,11H2/b10-8+/t16?,18-/m0/s1. The van der Waals surface area contributed by atoms with Crippen molar-refractivity contribution in [3.05, 3.63) is 71.7 Å². The van der Waals surface area contributed by atoms with E-state index in [0.717, 1.165) is 12.0 Å². The largest absolute Gasteiger partial charge is 0.389 e. The number of benzene rings is 1. The minimum absolute atomic E-state index is 0.0596. The van der Waals surface area contributed by atoms with E-state index in [1.165, 1.54) is 15.0 Å². The summed E-state index contributed by atoms with van der Waals surface area (Å²) in [5, 5.41) is 11.4. The number of Topliss-reactive ketones (excluding diaryl/α,β-unsaturated/α-hetero) is 1. The average molecular weight is 324 g/mol. The van der Waals surface area contributed by atoms with Gasteiger partial charge in [-0.05, 0) is 35.9 Å². The molecule has 2 aromatic rings. The molecule has 0 saturated heterocycles. The molecule has 0 radical (unpaired) electrons. The summed E-state index contributed by atoms with van der Waals surface area (Å²) in [6.07, 6.45) is 5.01. The van der Waals surface area contributed by atoms with Gasteiger partial charge in [-0.1, -0.05) is 49.1 Å². The normalized spacial score (nSPS) is 20.0. The van der Waals surface area contributed by atoms with Crippen LogP contribution in [0.3, 0.4) is 0 Å². The molecule has 1 aliphatic rings. The van der Waals surface area contributed by atoms with Crippen LogP contribution in [0.4, 0.5) is 0 Å². The van der Waals surface area contributed by atoms with E-state index in [9.17, 15) is 9.90 Å². The Balaban J connectivity index is 1.58. The van der Waals surface area contributed by atoms with E-state index >= 15 is 0 Å². The van der Waals surface area contributed by atoms with E-state index in [2.05, 4.69) is 31.4 Å². The molecule has 0 spiro atoms. The molecule has 3 rings (SSSR count). The maximum atomic E-state index is 11.6. The molecular formula is C20H20O2S. The SMILES string of the molecule is C=C1CC(=O)C(=C)[C@H]1/C=C/C(O)CCc1cc2ccccc2s1. The lowest BCUT2D eigenvalue weighted by molar-refractivity contribution is -0.114. The van der Waals surface area contributed by atoms with Gasteiger partial charge in [0.15, 0.2) is 5.78 Å². The van der Waals surface area contributed by atoms with Gasteiger partial charge in [-0.3, -0.25) is 4.79 Å². The Labute approximate surface area is 140 Å². The van der Waals surface area contributed by atoms with Crippen LogP contribution in [0.2, 0.25) is 0 Å². The highest BCUT2D eigenvalue weighted by atomic mass is 32.1. The summed E-state index contributed by atoms with van der Waals surface area (Å²) >= 11 is 1.78. The second-order valence-corrected chi connectivity index (χ2v) is 7.17. The zero-order chi connectivity index (χ0) is 16.4. The first-order valence-corrected chi connectivity index (χ1v) is 8.60. The van der Waals surface area contributed by atoms with Crippen LogP contribution in [-0.2, 0) is 11.2 Å². The molecule has 118 valence electrons. The molecule has 1 fully saturated rings. The Morgan fingerprint density at radius 1 is 1.35 bits per heavy atom. The number of hydrogen-bond acceptors (Lipinski definition) is 3. The van der Waals surface area contributed by atoms with Gasteiger partial charge >= 0.3 is 0 Å². The Morgan fingerprint density at radius 2 is 2.13 bits per heavy atom. The summed E-state index contributed by atoms with van der Waals surface area (Å²) < 4.78 is 1.28. The topological polar surface area (TPSA) is 37.3 Å². The van der Waals surface area contributed by atoms with E-state index in [0.29, 0.717) is 18.4 Å². The van der Waals surface area contributed by atoms with Crippen molar-refractivity contribution in [3.63, 3.8) is 0 Å². The van der Waals surface area contributed by atoms with Gasteiger partial charge in [-0.25, -0.2) is 0 Å².